The topological polar surface area (TPSA) is 86.2 Å². The van der Waals surface area contributed by atoms with Crippen LogP contribution in [-0.4, -0.2) is 35.1 Å². The molecule has 0 amide bonds. The summed E-state index contributed by atoms with van der Waals surface area (Å²) >= 11 is 0. The smallest absolute Gasteiger partial charge is 0.139 e. The summed E-state index contributed by atoms with van der Waals surface area (Å²) in [7, 11) is 0. The molecule has 4 N–H and O–H groups in total. The number of anilines is 1. The van der Waals surface area contributed by atoms with E-state index in [9.17, 15) is 5.11 Å². The Morgan fingerprint density at radius 3 is 3.19 bits per heavy atom. The number of hydrogen-bond donors (Lipinski definition) is 3. The van der Waals surface area contributed by atoms with Crippen molar-refractivity contribution in [2.75, 3.05) is 18.1 Å². The number of aliphatic hydroxyl groups excluding tert-OH is 1. The van der Waals surface area contributed by atoms with Crippen molar-refractivity contribution in [2.24, 2.45) is 5.73 Å². The van der Waals surface area contributed by atoms with Gasteiger partial charge in [-0.3, -0.25) is 5.41 Å². The lowest BCUT2D eigenvalue weighted by Crippen LogP contribution is -2.34. The highest BCUT2D eigenvalue weighted by atomic mass is 16.3. The standard InChI is InChI=1S/C11H16N4O/c12-10(13)9-4-1-5-14-11(9)15-6-2-3-8(15)7-16/h1,4-5,8,16H,2-3,6-7H2,(H3,12,13). The zero-order valence-corrected chi connectivity index (χ0v) is 9.06. The lowest BCUT2D eigenvalue weighted by atomic mass is 10.2. The SMILES string of the molecule is N=C(N)c1cccnc1N1CCCC1CO. The summed E-state index contributed by atoms with van der Waals surface area (Å²) < 4.78 is 0. The van der Waals surface area contributed by atoms with E-state index in [-0.39, 0.29) is 18.5 Å². The van der Waals surface area contributed by atoms with Crippen LogP contribution in [-0.2, 0) is 0 Å². The molecule has 1 unspecified atom stereocenters. The minimum atomic E-state index is 0.0201. The van der Waals surface area contributed by atoms with Crippen molar-refractivity contribution in [3.63, 3.8) is 0 Å². The third-order valence-corrected chi connectivity index (χ3v) is 2.94. The quantitative estimate of drug-likeness (QED) is 0.506. The molecule has 1 aromatic rings. The molecule has 0 aromatic carbocycles. The van der Waals surface area contributed by atoms with Crippen LogP contribution >= 0.6 is 0 Å². The maximum atomic E-state index is 9.27. The molecule has 16 heavy (non-hydrogen) atoms. The van der Waals surface area contributed by atoms with Gasteiger partial charge in [-0.25, -0.2) is 4.98 Å². The Balaban J connectivity index is 2.35. The van der Waals surface area contributed by atoms with Gasteiger partial charge in [-0.2, -0.15) is 0 Å². The fourth-order valence-electron chi connectivity index (χ4n) is 2.14. The number of nitrogens with two attached hydrogens (primary N) is 1. The van der Waals surface area contributed by atoms with Gasteiger partial charge in [-0.1, -0.05) is 0 Å². The monoisotopic (exact) mass is 220 g/mol. The second-order valence-corrected chi connectivity index (χ2v) is 3.96. The molecular weight excluding hydrogens is 204 g/mol. The predicted molar refractivity (Wildman–Crippen MR) is 62.7 cm³/mol. The number of aliphatic hydroxyl groups is 1. The highest BCUT2D eigenvalue weighted by Gasteiger charge is 2.26. The van der Waals surface area contributed by atoms with Crippen LogP contribution in [0.3, 0.4) is 0 Å². The number of amidine groups is 1. The Morgan fingerprint density at radius 1 is 1.69 bits per heavy atom. The molecule has 2 rings (SSSR count). The molecule has 1 fully saturated rings. The summed E-state index contributed by atoms with van der Waals surface area (Å²) in [5, 5.41) is 16.8. The maximum absolute atomic E-state index is 9.27. The van der Waals surface area contributed by atoms with Gasteiger partial charge in [0.05, 0.1) is 18.2 Å². The molecule has 2 heterocycles. The normalized spacial score (nSPS) is 20.1. The fraction of sp³-hybridized carbons (Fsp3) is 0.455. The Hall–Kier alpha value is -1.62. The van der Waals surface area contributed by atoms with Crippen LogP contribution in [0.4, 0.5) is 5.82 Å². The van der Waals surface area contributed by atoms with E-state index < -0.39 is 0 Å². The minimum absolute atomic E-state index is 0.0201. The van der Waals surface area contributed by atoms with Crippen molar-refractivity contribution < 1.29 is 5.11 Å². The van der Waals surface area contributed by atoms with Crippen LogP contribution in [0.1, 0.15) is 18.4 Å². The second kappa shape index (κ2) is 4.49. The Labute approximate surface area is 94.4 Å². The van der Waals surface area contributed by atoms with Crippen LogP contribution in [0.5, 0.6) is 0 Å². The molecule has 1 aromatic heterocycles. The summed E-state index contributed by atoms with van der Waals surface area (Å²) in [5.41, 5.74) is 6.16. The first-order valence-electron chi connectivity index (χ1n) is 5.41. The number of nitrogen functional groups attached to an aromatic ring is 1. The molecule has 0 aliphatic carbocycles. The number of pyridine rings is 1. The summed E-state index contributed by atoms with van der Waals surface area (Å²) in [4.78, 5) is 6.31. The average Bonchev–Trinajstić information content (AvgIpc) is 2.76. The molecular formula is C11H16N4O. The second-order valence-electron chi connectivity index (χ2n) is 3.96. The molecule has 1 aliphatic rings. The van der Waals surface area contributed by atoms with Gasteiger partial charge in [-0.15, -0.1) is 0 Å². The van der Waals surface area contributed by atoms with Gasteiger partial charge >= 0.3 is 0 Å². The van der Waals surface area contributed by atoms with Gasteiger partial charge in [0.1, 0.15) is 11.7 Å². The zero-order chi connectivity index (χ0) is 11.5. The summed E-state index contributed by atoms with van der Waals surface area (Å²) in [6.45, 7) is 0.983. The average molecular weight is 220 g/mol. The molecule has 86 valence electrons. The van der Waals surface area contributed by atoms with E-state index in [1.54, 1.807) is 18.3 Å². The van der Waals surface area contributed by atoms with Crippen molar-refractivity contribution in [2.45, 2.75) is 18.9 Å². The first kappa shape index (κ1) is 10.9. The Bertz CT molecular complexity index is 393. The van der Waals surface area contributed by atoms with Gasteiger partial charge in [0, 0.05) is 12.7 Å². The van der Waals surface area contributed by atoms with E-state index in [2.05, 4.69) is 4.98 Å². The number of nitrogens with one attached hydrogen (secondary N) is 1. The lowest BCUT2D eigenvalue weighted by molar-refractivity contribution is 0.266. The van der Waals surface area contributed by atoms with E-state index >= 15 is 0 Å². The van der Waals surface area contributed by atoms with E-state index in [1.807, 2.05) is 4.90 Å². The van der Waals surface area contributed by atoms with Gasteiger partial charge in [0.25, 0.3) is 0 Å². The first-order chi connectivity index (χ1) is 7.74. The van der Waals surface area contributed by atoms with Gasteiger partial charge < -0.3 is 15.7 Å². The van der Waals surface area contributed by atoms with E-state index in [4.69, 9.17) is 11.1 Å². The predicted octanol–water partition coefficient (Wildman–Crippen LogP) is 0.327. The third-order valence-electron chi connectivity index (χ3n) is 2.94. The van der Waals surface area contributed by atoms with Crippen LogP contribution in [0.15, 0.2) is 18.3 Å². The minimum Gasteiger partial charge on any atom is -0.394 e. The third kappa shape index (κ3) is 1.86. The first-order valence-corrected chi connectivity index (χ1v) is 5.41. The molecule has 5 heteroatoms. The van der Waals surface area contributed by atoms with Crippen molar-refractivity contribution in [3.05, 3.63) is 23.9 Å². The molecule has 0 saturated carbocycles. The molecule has 0 bridgehead atoms. The highest BCUT2D eigenvalue weighted by Crippen LogP contribution is 2.26. The van der Waals surface area contributed by atoms with Crippen molar-refractivity contribution in [1.82, 2.24) is 4.98 Å². The number of nitrogens with zero attached hydrogens (tertiary/aromatic N) is 2. The van der Waals surface area contributed by atoms with E-state index in [0.717, 1.165) is 19.4 Å². The Morgan fingerprint density at radius 2 is 2.50 bits per heavy atom. The fourth-order valence-corrected chi connectivity index (χ4v) is 2.14. The van der Waals surface area contributed by atoms with E-state index in [1.165, 1.54) is 0 Å². The molecule has 0 spiro atoms. The highest BCUT2D eigenvalue weighted by molar-refractivity contribution is 5.99. The molecule has 1 saturated heterocycles. The van der Waals surface area contributed by atoms with E-state index in [0.29, 0.717) is 11.4 Å². The van der Waals surface area contributed by atoms with Crippen LogP contribution < -0.4 is 10.6 Å². The molecule has 1 aliphatic heterocycles. The number of aromatic nitrogens is 1. The molecule has 5 nitrogen and oxygen atoms in total. The summed E-state index contributed by atoms with van der Waals surface area (Å²) in [6.07, 6.45) is 3.69. The Kier molecular flexibility index (Phi) is 3.05. The van der Waals surface area contributed by atoms with Gasteiger partial charge in [-0.05, 0) is 25.0 Å². The maximum Gasteiger partial charge on any atom is 0.139 e. The molecule has 0 radical (unpaired) electrons. The molecule has 1 atom stereocenters. The van der Waals surface area contributed by atoms with Crippen LogP contribution in [0.2, 0.25) is 0 Å². The van der Waals surface area contributed by atoms with Crippen molar-refractivity contribution in [3.8, 4) is 0 Å². The van der Waals surface area contributed by atoms with Crippen LogP contribution in [0, 0.1) is 5.41 Å². The summed E-state index contributed by atoms with van der Waals surface area (Å²) in [5.74, 6) is 0.734. The van der Waals surface area contributed by atoms with Crippen LogP contribution in [0.25, 0.3) is 0 Å². The lowest BCUT2D eigenvalue weighted by Gasteiger charge is -2.25. The zero-order valence-electron chi connectivity index (χ0n) is 9.06. The van der Waals surface area contributed by atoms with Crippen molar-refractivity contribution >= 4 is 11.7 Å². The van der Waals surface area contributed by atoms with Gasteiger partial charge in [0.2, 0.25) is 0 Å². The summed E-state index contributed by atoms with van der Waals surface area (Å²) in [6, 6.07) is 3.66. The number of hydrogen-bond acceptors (Lipinski definition) is 4. The van der Waals surface area contributed by atoms with Crippen molar-refractivity contribution in [1.29, 1.82) is 5.41 Å². The van der Waals surface area contributed by atoms with Gasteiger partial charge in [0.15, 0.2) is 0 Å². The largest absolute Gasteiger partial charge is 0.394 e. The number of rotatable bonds is 3.